The van der Waals surface area contributed by atoms with Gasteiger partial charge in [0.2, 0.25) is 0 Å². The van der Waals surface area contributed by atoms with E-state index in [-0.39, 0.29) is 17.2 Å². The van der Waals surface area contributed by atoms with E-state index in [1.807, 2.05) is 6.20 Å². The van der Waals surface area contributed by atoms with Crippen molar-refractivity contribution in [1.29, 1.82) is 0 Å². The maximum atomic E-state index is 13.4. The van der Waals surface area contributed by atoms with Crippen molar-refractivity contribution < 1.29 is 8.78 Å². The topological polar surface area (TPSA) is 63.1 Å². The van der Waals surface area contributed by atoms with Crippen LogP contribution in [0.3, 0.4) is 0 Å². The van der Waals surface area contributed by atoms with Crippen LogP contribution in [0, 0.1) is 31.6 Å². The summed E-state index contributed by atoms with van der Waals surface area (Å²) in [7, 11) is 2.11. The first kappa shape index (κ1) is 22.5. The number of terminal acetylenes is 1. The Balaban J connectivity index is 1.51. The van der Waals surface area contributed by atoms with Crippen LogP contribution in [-0.2, 0) is 0 Å². The van der Waals surface area contributed by atoms with Gasteiger partial charge in [-0.3, -0.25) is 4.79 Å². The molecule has 1 aliphatic heterocycles. The van der Waals surface area contributed by atoms with Gasteiger partial charge in [0.15, 0.2) is 0 Å². The predicted octanol–water partition coefficient (Wildman–Crippen LogP) is 4.40. The Hall–Kier alpha value is -3.31. The highest BCUT2D eigenvalue weighted by atomic mass is 19.3. The molecule has 1 unspecified atom stereocenters. The fraction of sp³-hybridized carbons (Fsp3) is 0.423. The molecule has 1 N–H and O–H groups in total. The molecule has 3 aromatic rings. The second kappa shape index (κ2) is 8.17. The zero-order valence-corrected chi connectivity index (χ0v) is 19.5. The van der Waals surface area contributed by atoms with Gasteiger partial charge in [0.25, 0.3) is 12.0 Å². The lowest BCUT2D eigenvalue weighted by Crippen LogP contribution is -2.61. The van der Waals surface area contributed by atoms with Crippen molar-refractivity contribution in [3.8, 4) is 12.3 Å². The number of aryl methyl sites for hydroxylation is 1. The number of likely N-dealkylation sites (tertiary alicyclic amines) is 1. The monoisotopic (exact) mass is 463 g/mol. The van der Waals surface area contributed by atoms with Gasteiger partial charge in [-0.1, -0.05) is 24.1 Å². The first-order valence-electron chi connectivity index (χ1n) is 11.4. The normalized spacial score (nSPS) is 18.5. The Kier molecular flexibility index (Phi) is 5.40. The lowest BCUT2D eigenvalue weighted by atomic mass is 9.61. The van der Waals surface area contributed by atoms with Gasteiger partial charge in [0.05, 0.1) is 10.9 Å². The van der Waals surface area contributed by atoms with Gasteiger partial charge in [0.1, 0.15) is 17.7 Å². The maximum absolute atomic E-state index is 13.4. The number of benzene rings is 1. The van der Waals surface area contributed by atoms with Gasteiger partial charge in [-0.2, -0.15) is 0 Å². The number of aromatic nitrogens is 3. The number of pyridine rings is 1. The van der Waals surface area contributed by atoms with Crippen LogP contribution in [0.1, 0.15) is 53.9 Å². The fourth-order valence-corrected chi connectivity index (χ4v) is 5.69. The summed E-state index contributed by atoms with van der Waals surface area (Å²) in [6.07, 6.45) is 7.00. The van der Waals surface area contributed by atoms with E-state index in [9.17, 15) is 13.6 Å². The lowest BCUT2D eigenvalue weighted by Gasteiger charge is -2.58. The molecule has 2 aromatic heterocycles. The Morgan fingerprint density at radius 3 is 2.56 bits per heavy atom. The Morgan fingerprint density at radius 2 is 1.91 bits per heavy atom. The van der Waals surface area contributed by atoms with Crippen molar-refractivity contribution in [1.82, 2.24) is 19.4 Å². The highest BCUT2D eigenvalue weighted by Crippen LogP contribution is 2.53. The van der Waals surface area contributed by atoms with Crippen molar-refractivity contribution in [3.05, 3.63) is 63.3 Å². The lowest BCUT2D eigenvalue weighted by molar-refractivity contribution is -0.0764. The third-order valence-electron chi connectivity index (χ3n) is 7.22. The Labute approximate surface area is 197 Å². The first-order valence-corrected chi connectivity index (χ1v) is 11.4. The van der Waals surface area contributed by atoms with Gasteiger partial charge in [-0.25, -0.2) is 18.7 Å². The molecule has 0 bridgehead atoms. The van der Waals surface area contributed by atoms with E-state index in [2.05, 4.69) is 33.2 Å². The predicted molar refractivity (Wildman–Crippen MR) is 128 cm³/mol. The molecule has 34 heavy (non-hydrogen) atoms. The maximum Gasteiger partial charge on any atom is 0.264 e. The van der Waals surface area contributed by atoms with Crippen molar-refractivity contribution >= 4 is 16.7 Å². The van der Waals surface area contributed by atoms with E-state index in [4.69, 9.17) is 6.42 Å². The van der Waals surface area contributed by atoms with Crippen LogP contribution >= 0.6 is 0 Å². The summed E-state index contributed by atoms with van der Waals surface area (Å²) < 4.78 is 28.7. The molecule has 0 radical (unpaired) electrons. The van der Waals surface area contributed by atoms with Crippen LogP contribution in [0.2, 0.25) is 0 Å². The first-order chi connectivity index (χ1) is 16.2. The average molecular weight is 464 g/mol. The summed E-state index contributed by atoms with van der Waals surface area (Å²) in [6.45, 7) is 5.53. The number of nitrogens with one attached hydrogen (secondary N) is 1. The summed E-state index contributed by atoms with van der Waals surface area (Å²) in [5.74, 6) is 3.64. The molecule has 0 amide bonds. The van der Waals surface area contributed by atoms with Crippen LogP contribution < -0.4 is 10.9 Å². The van der Waals surface area contributed by atoms with Crippen LogP contribution in [-0.4, -0.2) is 39.6 Å². The van der Waals surface area contributed by atoms with Gasteiger partial charge < -0.3 is 14.8 Å². The number of halogens is 2. The van der Waals surface area contributed by atoms with Crippen LogP contribution in [0.4, 0.5) is 14.6 Å². The van der Waals surface area contributed by atoms with E-state index < -0.39 is 12.5 Å². The van der Waals surface area contributed by atoms with Crippen molar-refractivity contribution in [2.45, 2.75) is 45.2 Å². The van der Waals surface area contributed by atoms with E-state index in [1.165, 1.54) is 6.07 Å². The molecule has 2 aliphatic rings. The third-order valence-corrected chi connectivity index (χ3v) is 7.22. The molecule has 1 atom stereocenters. The van der Waals surface area contributed by atoms with Gasteiger partial charge in [-0.05, 0) is 50.3 Å². The zero-order valence-electron chi connectivity index (χ0n) is 19.5. The van der Waals surface area contributed by atoms with E-state index >= 15 is 0 Å². The third kappa shape index (κ3) is 3.74. The molecule has 6 nitrogen and oxygen atoms in total. The molecule has 1 aliphatic carbocycles. The number of hydrogen-bond donors (Lipinski definition) is 1. The Morgan fingerprint density at radius 1 is 1.21 bits per heavy atom. The van der Waals surface area contributed by atoms with Gasteiger partial charge >= 0.3 is 0 Å². The number of hydrogen-bond acceptors (Lipinski definition) is 5. The van der Waals surface area contributed by atoms with Crippen molar-refractivity contribution in [3.63, 3.8) is 0 Å². The van der Waals surface area contributed by atoms with E-state index in [0.717, 1.165) is 25.9 Å². The van der Waals surface area contributed by atoms with Gasteiger partial charge in [-0.15, -0.1) is 6.42 Å². The van der Waals surface area contributed by atoms with Crippen LogP contribution in [0.5, 0.6) is 0 Å². The largest absolute Gasteiger partial charge is 0.352 e. The molecule has 5 rings (SSSR count). The fourth-order valence-electron chi connectivity index (χ4n) is 5.69. The second-order valence-electron chi connectivity index (χ2n) is 9.78. The molecule has 2 fully saturated rings. The highest BCUT2D eigenvalue weighted by molar-refractivity contribution is 5.88. The minimum atomic E-state index is -2.59. The van der Waals surface area contributed by atoms with Crippen molar-refractivity contribution in [2.75, 3.05) is 25.5 Å². The molecule has 176 valence electrons. The average Bonchev–Trinajstić information content (AvgIpc) is 2.73. The minimum Gasteiger partial charge on any atom is -0.352 e. The van der Waals surface area contributed by atoms with Crippen molar-refractivity contribution in [2.24, 2.45) is 5.41 Å². The quantitative estimate of drug-likeness (QED) is 0.569. The minimum absolute atomic E-state index is 0.0438. The smallest absolute Gasteiger partial charge is 0.264 e. The number of anilines is 1. The molecular weight excluding hydrogens is 436 g/mol. The number of rotatable bonds is 5. The summed E-state index contributed by atoms with van der Waals surface area (Å²) in [5, 5.41) is 3.93. The zero-order chi connectivity index (χ0) is 24.2. The van der Waals surface area contributed by atoms with Gasteiger partial charge in [0, 0.05) is 37.0 Å². The SMILES string of the molecule is C#CC(Nc1nc(C)nc2cc(=O)n(C3CC4(C3)CN(C)C4)cc12)c1cccc(C(F)F)c1C. The van der Waals surface area contributed by atoms with E-state index in [0.29, 0.717) is 39.1 Å². The standard InChI is InChI=1S/C26H27F2N5O/c1-5-21(18-7-6-8-19(15(18)2)24(27)28)31-25-20-12-33(17-10-26(11-17)13-32(4)14-26)23(34)9-22(20)29-16(3)30-25/h1,6-9,12,17,21,24H,10-11,13-14H2,2-4H3,(H,29,30,31). The molecular formula is C26H27F2N5O. The van der Waals surface area contributed by atoms with E-state index in [1.54, 1.807) is 36.6 Å². The van der Waals surface area contributed by atoms with Crippen LogP contribution in [0.25, 0.3) is 10.9 Å². The summed E-state index contributed by atoms with van der Waals surface area (Å²) in [6, 6.07) is 5.75. The number of nitrogens with zero attached hydrogens (tertiary/aromatic N) is 4. The highest BCUT2D eigenvalue weighted by Gasteiger charge is 2.51. The van der Waals surface area contributed by atoms with Crippen LogP contribution in [0.15, 0.2) is 35.3 Å². The molecule has 1 spiro atoms. The molecule has 8 heteroatoms. The summed E-state index contributed by atoms with van der Waals surface area (Å²) in [5.41, 5.74) is 1.77. The Bertz CT molecular complexity index is 1360. The second-order valence-corrected chi connectivity index (χ2v) is 9.78. The summed E-state index contributed by atoms with van der Waals surface area (Å²) >= 11 is 0. The molecule has 1 saturated carbocycles. The summed E-state index contributed by atoms with van der Waals surface area (Å²) in [4.78, 5) is 24.2. The number of alkyl halides is 2. The molecule has 1 saturated heterocycles. The molecule has 3 heterocycles. The molecule has 1 aromatic carbocycles. The number of fused-ring (bicyclic) bond motifs is 1.